The first-order chi connectivity index (χ1) is 18.5. The number of carbonyl (C=O) groups is 1. The SMILES string of the molecule is Cc1cn(C2CC(N=[N+]=[N-])[C@@H](COP(=O)(OCCSC(=O)C(C)(C)CO)Oc3ccccc3)O2)c(=O)[nH]c1=O. The molecule has 2 aromatic rings. The highest BCUT2D eigenvalue weighted by molar-refractivity contribution is 8.13. The minimum Gasteiger partial charge on any atom is -0.404 e. The van der Waals surface area contributed by atoms with Crippen molar-refractivity contribution in [1.82, 2.24) is 9.55 Å². The summed E-state index contributed by atoms with van der Waals surface area (Å²) in [6.07, 6.45) is -0.383. The number of nitrogens with one attached hydrogen (secondary N) is 1. The van der Waals surface area contributed by atoms with Gasteiger partial charge >= 0.3 is 13.5 Å². The van der Waals surface area contributed by atoms with E-state index < -0.39 is 42.9 Å². The zero-order valence-corrected chi connectivity index (χ0v) is 23.3. The molecule has 0 amide bonds. The number of aliphatic hydroxyl groups is 1. The van der Waals surface area contributed by atoms with Gasteiger partial charge in [-0.15, -0.1) is 0 Å². The fraction of sp³-hybridized carbons (Fsp3) is 0.522. The molecule has 0 radical (unpaired) electrons. The van der Waals surface area contributed by atoms with Gasteiger partial charge in [0.15, 0.2) is 5.12 Å². The second-order valence-corrected chi connectivity index (χ2v) is 11.9. The smallest absolute Gasteiger partial charge is 0.404 e. The van der Waals surface area contributed by atoms with Gasteiger partial charge in [-0.2, -0.15) is 0 Å². The first kappa shape index (κ1) is 30.6. The molecule has 2 N–H and O–H groups in total. The third-order valence-electron chi connectivity index (χ3n) is 5.73. The Morgan fingerprint density at radius 3 is 2.72 bits per heavy atom. The third kappa shape index (κ3) is 8.29. The summed E-state index contributed by atoms with van der Waals surface area (Å²) in [7, 11) is -4.27. The van der Waals surface area contributed by atoms with Crippen LogP contribution >= 0.6 is 19.6 Å². The van der Waals surface area contributed by atoms with Gasteiger partial charge in [0.05, 0.1) is 37.4 Å². The summed E-state index contributed by atoms with van der Waals surface area (Å²) in [4.78, 5) is 41.3. The third-order valence-corrected chi connectivity index (χ3v) is 8.32. The zero-order valence-electron chi connectivity index (χ0n) is 21.6. The number of benzene rings is 1. The molecule has 1 saturated heterocycles. The quantitative estimate of drug-likeness (QED) is 0.116. The number of rotatable bonds is 13. The first-order valence-electron chi connectivity index (χ1n) is 11.9. The number of para-hydroxylation sites is 1. The highest BCUT2D eigenvalue weighted by Gasteiger charge is 2.39. The lowest BCUT2D eigenvalue weighted by Gasteiger charge is -2.22. The maximum absolute atomic E-state index is 13.5. The van der Waals surface area contributed by atoms with Crippen molar-refractivity contribution < 1.29 is 32.8 Å². The molecule has 1 aromatic heterocycles. The van der Waals surface area contributed by atoms with E-state index in [0.29, 0.717) is 0 Å². The topological polar surface area (TPSA) is 195 Å². The number of phosphoric acid groups is 1. The number of ether oxygens (including phenoxy) is 1. The molecule has 1 aliphatic heterocycles. The van der Waals surface area contributed by atoms with Crippen LogP contribution in [0, 0.1) is 12.3 Å². The van der Waals surface area contributed by atoms with Crippen molar-refractivity contribution in [2.24, 2.45) is 10.5 Å². The Balaban J connectivity index is 1.72. The predicted octanol–water partition coefficient (Wildman–Crippen LogP) is 3.31. The number of carbonyl (C=O) groups excluding carboxylic acids is 1. The van der Waals surface area contributed by atoms with Gasteiger partial charge in [-0.05, 0) is 38.4 Å². The van der Waals surface area contributed by atoms with Crippen molar-refractivity contribution in [2.45, 2.75) is 45.6 Å². The highest BCUT2D eigenvalue weighted by atomic mass is 32.2. The normalized spacial score (nSPS) is 20.7. The molecule has 0 saturated carbocycles. The van der Waals surface area contributed by atoms with Crippen LogP contribution in [-0.4, -0.2) is 57.5 Å². The zero-order chi connectivity index (χ0) is 28.6. The van der Waals surface area contributed by atoms with E-state index in [1.165, 1.54) is 17.7 Å². The fourth-order valence-electron chi connectivity index (χ4n) is 3.43. The van der Waals surface area contributed by atoms with Gasteiger partial charge in [-0.1, -0.05) is 35.1 Å². The largest absolute Gasteiger partial charge is 0.530 e. The molecule has 1 fully saturated rings. The molecule has 3 unspecified atom stereocenters. The van der Waals surface area contributed by atoms with Gasteiger partial charge in [0.1, 0.15) is 12.0 Å². The van der Waals surface area contributed by atoms with Crippen molar-refractivity contribution in [3.63, 3.8) is 0 Å². The number of aromatic nitrogens is 2. The number of hydrogen-bond donors (Lipinski definition) is 2. The average molecular weight is 584 g/mol. The molecule has 39 heavy (non-hydrogen) atoms. The lowest BCUT2D eigenvalue weighted by molar-refractivity contribution is -0.119. The molecule has 1 aliphatic rings. The summed E-state index contributed by atoms with van der Waals surface area (Å²) < 4.78 is 37.2. The van der Waals surface area contributed by atoms with E-state index in [-0.39, 0.29) is 48.4 Å². The van der Waals surface area contributed by atoms with Gasteiger partial charge in [0, 0.05) is 28.8 Å². The van der Waals surface area contributed by atoms with Crippen molar-refractivity contribution in [1.29, 1.82) is 0 Å². The highest BCUT2D eigenvalue weighted by Crippen LogP contribution is 2.50. The van der Waals surface area contributed by atoms with E-state index in [1.54, 1.807) is 44.2 Å². The Morgan fingerprint density at radius 1 is 1.33 bits per heavy atom. The van der Waals surface area contributed by atoms with E-state index in [2.05, 4.69) is 15.0 Å². The molecule has 16 heteroatoms. The summed E-state index contributed by atoms with van der Waals surface area (Å²) in [5.41, 5.74) is 7.13. The standard InChI is InChI=1S/C23H30N5O9PS/c1-15-12-28(22(32)25-20(15)30)19-11-17(26-27-24)18(36-19)13-35-38(33,37-16-7-5-4-6-8-16)34-9-10-39-21(31)23(2,3)14-29/h4-8,12,17-19,29H,9-11,13-14H2,1-3H3,(H,25,30,32)/t17?,18-,19?,38?/m1/s1. The number of aliphatic hydroxyl groups excluding tert-OH is 1. The van der Waals surface area contributed by atoms with E-state index in [4.69, 9.17) is 23.8 Å². The molecular weight excluding hydrogens is 553 g/mol. The second-order valence-electron chi connectivity index (χ2n) is 9.27. The van der Waals surface area contributed by atoms with Crippen LogP contribution in [0.5, 0.6) is 5.75 Å². The van der Waals surface area contributed by atoms with Gasteiger partial charge in [0.25, 0.3) is 5.56 Å². The van der Waals surface area contributed by atoms with Crippen LogP contribution in [0.25, 0.3) is 10.4 Å². The predicted molar refractivity (Wildman–Crippen MR) is 142 cm³/mol. The van der Waals surface area contributed by atoms with Crippen LogP contribution < -0.4 is 15.8 Å². The molecule has 3 rings (SSSR count). The Labute approximate surface area is 227 Å². The Hall–Kier alpha value is -2.90. The minimum absolute atomic E-state index is 0.0908. The van der Waals surface area contributed by atoms with E-state index in [0.717, 1.165) is 11.8 Å². The van der Waals surface area contributed by atoms with Gasteiger partial charge in [0.2, 0.25) is 0 Å². The van der Waals surface area contributed by atoms with Crippen molar-refractivity contribution in [3.8, 4) is 5.75 Å². The minimum atomic E-state index is -4.27. The summed E-state index contributed by atoms with van der Waals surface area (Å²) in [5.74, 6) is 0.323. The van der Waals surface area contributed by atoms with Crippen molar-refractivity contribution in [2.75, 3.05) is 25.6 Å². The average Bonchev–Trinajstić information content (AvgIpc) is 3.30. The molecule has 2 heterocycles. The maximum atomic E-state index is 13.5. The lowest BCUT2D eigenvalue weighted by Crippen LogP contribution is -2.33. The number of azide groups is 1. The molecule has 0 aliphatic carbocycles. The van der Waals surface area contributed by atoms with Crippen LogP contribution in [-0.2, 0) is 23.1 Å². The number of thioether (sulfide) groups is 1. The summed E-state index contributed by atoms with van der Waals surface area (Å²) >= 11 is 0.913. The molecule has 4 atom stereocenters. The summed E-state index contributed by atoms with van der Waals surface area (Å²) in [6.45, 7) is 3.85. The summed E-state index contributed by atoms with van der Waals surface area (Å²) in [5, 5.41) is 12.8. The first-order valence-corrected chi connectivity index (χ1v) is 14.4. The lowest BCUT2D eigenvalue weighted by atomic mass is 9.97. The Morgan fingerprint density at radius 2 is 2.05 bits per heavy atom. The molecule has 0 spiro atoms. The van der Waals surface area contributed by atoms with Crippen LogP contribution in [0.2, 0.25) is 0 Å². The van der Waals surface area contributed by atoms with Crippen LogP contribution in [0.4, 0.5) is 0 Å². The Kier molecular flexibility index (Phi) is 10.6. The molecule has 14 nitrogen and oxygen atoms in total. The van der Waals surface area contributed by atoms with Crippen LogP contribution in [0.15, 0.2) is 51.2 Å². The van der Waals surface area contributed by atoms with Crippen molar-refractivity contribution in [3.05, 3.63) is 73.4 Å². The number of hydrogen-bond acceptors (Lipinski definition) is 11. The van der Waals surface area contributed by atoms with E-state index >= 15 is 0 Å². The fourth-order valence-corrected chi connectivity index (χ4v) is 5.57. The maximum Gasteiger partial charge on any atom is 0.530 e. The monoisotopic (exact) mass is 583 g/mol. The second kappa shape index (κ2) is 13.4. The van der Waals surface area contributed by atoms with Crippen LogP contribution in [0.3, 0.4) is 0 Å². The number of H-pyrrole nitrogens is 1. The van der Waals surface area contributed by atoms with Gasteiger partial charge in [-0.25, -0.2) is 9.36 Å². The Bertz CT molecular complexity index is 1360. The molecular formula is C23H30N5O9PS. The van der Waals surface area contributed by atoms with Gasteiger partial charge < -0.3 is 14.4 Å². The number of phosphoric ester groups is 1. The number of nitrogens with zero attached hydrogens (tertiary/aromatic N) is 4. The van der Waals surface area contributed by atoms with E-state index in [1.807, 2.05) is 0 Å². The van der Waals surface area contributed by atoms with Gasteiger partial charge in [-0.3, -0.25) is 28.2 Å². The number of aryl methyl sites for hydroxylation is 1. The molecule has 212 valence electrons. The van der Waals surface area contributed by atoms with Crippen molar-refractivity contribution >= 4 is 24.7 Å². The molecule has 1 aromatic carbocycles. The molecule has 0 bridgehead atoms. The number of aromatic amines is 1. The van der Waals surface area contributed by atoms with E-state index in [9.17, 15) is 24.1 Å². The van der Waals surface area contributed by atoms with Crippen LogP contribution in [0.1, 0.15) is 32.1 Å². The summed E-state index contributed by atoms with van der Waals surface area (Å²) in [6, 6.07) is 7.38.